The first kappa shape index (κ1) is 85.7. The zero-order valence-electron chi connectivity index (χ0n) is 64.7. The maximum Gasteiger partial charge on any atom is 0.351 e. The summed E-state index contributed by atoms with van der Waals surface area (Å²) in [4.78, 5) is 112. The lowest BCUT2D eigenvalue weighted by Crippen LogP contribution is -2.51. The fourth-order valence-corrected chi connectivity index (χ4v) is 20.7. The van der Waals surface area contributed by atoms with Gasteiger partial charge in [0.05, 0.1) is 101 Å². The van der Waals surface area contributed by atoms with E-state index in [4.69, 9.17) is 68.9 Å². The molecule has 4 saturated heterocycles. The van der Waals surface area contributed by atoms with Gasteiger partial charge in [-0.25, -0.2) is 66.9 Å². The number of carbonyl (C=O) groups excluding carboxylic acids is 2. The van der Waals surface area contributed by atoms with Gasteiger partial charge in [-0.2, -0.15) is 15.0 Å². The Bertz CT molecular complexity index is 4990. The van der Waals surface area contributed by atoms with Crippen molar-refractivity contribution >= 4 is 88.1 Å². The number of aromatic amines is 1. The number of ether oxygens (including phenoxy) is 5. The van der Waals surface area contributed by atoms with Gasteiger partial charge in [0.25, 0.3) is 11.2 Å². The number of aryl methyl sites for hydroxylation is 1. The average molecular weight is 1660 g/mol. The second-order valence-electron chi connectivity index (χ2n) is 28.4. The van der Waals surface area contributed by atoms with Crippen LogP contribution in [0.3, 0.4) is 0 Å². The van der Waals surface area contributed by atoms with Crippen LogP contribution in [0.25, 0.3) is 22.3 Å². The number of benzene rings is 1. The van der Waals surface area contributed by atoms with E-state index in [1.807, 2.05) is 11.9 Å². The highest BCUT2D eigenvalue weighted by Crippen LogP contribution is 2.59. The van der Waals surface area contributed by atoms with Crippen molar-refractivity contribution < 1.29 is 74.6 Å². The maximum absolute atomic E-state index is 16.4. The third-order valence-electron chi connectivity index (χ3n) is 18.9. The molecule has 12 atom stereocenters. The van der Waals surface area contributed by atoms with E-state index in [1.54, 1.807) is 55.6 Å². The molecule has 2 amide bonds. The minimum atomic E-state index is -4.49. The number of amides is 2. The summed E-state index contributed by atoms with van der Waals surface area (Å²) < 4.78 is 138. The van der Waals surface area contributed by atoms with E-state index in [1.165, 1.54) is 132 Å². The Balaban J connectivity index is 0.914. The van der Waals surface area contributed by atoms with E-state index >= 15 is 13.7 Å². The number of hydrogen-bond donors (Lipinski definition) is 5. The third-order valence-corrected chi connectivity index (χ3v) is 29.0. The molecule has 4 aliphatic rings. The van der Waals surface area contributed by atoms with E-state index < -0.39 is 146 Å². The summed E-state index contributed by atoms with van der Waals surface area (Å²) in [5.74, 6) is -1.89. The van der Waals surface area contributed by atoms with Crippen LogP contribution in [0.15, 0.2) is 76.1 Å². The number of aromatic nitrogens is 12. The molecule has 0 radical (unpaired) electrons. The van der Waals surface area contributed by atoms with Crippen LogP contribution in [-0.4, -0.2) is 304 Å². The quantitative estimate of drug-likeness (QED) is 0.0222. The molecular weight excluding hydrogens is 1560 g/mol. The Morgan fingerprint density at radius 2 is 1.15 bits per heavy atom. The van der Waals surface area contributed by atoms with Gasteiger partial charge in [0.15, 0.2) is 35.1 Å². The van der Waals surface area contributed by atoms with Gasteiger partial charge < -0.3 is 59.0 Å². The molecule has 4 fully saturated rings. The molecule has 0 aliphatic carbocycles. The summed E-state index contributed by atoms with van der Waals surface area (Å²) >= 11 is 0. The number of primary amides is 1. The van der Waals surface area contributed by atoms with Crippen LogP contribution in [0.4, 0.5) is 23.3 Å². The zero-order valence-corrected chi connectivity index (χ0v) is 68.2. The highest BCUT2D eigenvalue weighted by atomic mass is 31.2. The number of fused-ring (bicyclic) bond motifs is 2. The predicted molar refractivity (Wildman–Crippen MR) is 408 cm³/mol. The molecule has 12 unspecified atom stereocenters. The predicted octanol–water partition coefficient (Wildman–Crippen LogP) is 1.66. The van der Waals surface area contributed by atoms with E-state index in [2.05, 4.69) is 35.2 Å². The van der Waals surface area contributed by atoms with Crippen molar-refractivity contribution in [3.8, 4) is 5.88 Å². The van der Waals surface area contributed by atoms with Crippen molar-refractivity contribution in [2.75, 3.05) is 179 Å². The molecule has 113 heavy (non-hydrogen) atoms. The number of nitrogens with one attached hydrogen (secondary N) is 2. The second kappa shape index (κ2) is 35.5. The number of imidazole rings is 2. The molecule has 0 saturated carbocycles. The van der Waals surface area contributed by atoms with Gasteiger partial charge >= 0.3 is 42.1 Å². The van der Waals surface area contributed by atoms with Crippen molar-refractivity contribution in [2.24, 2.45) is 11.7 Å². The Kier molecular flexibility index (Phi) is 27.0. The summed E-state index contributed by atoms with van der Waals surface area (Å²) in [6.45, 7) is 1.65. The van der Waals surface area contributed by atoms with Crippen LogP contribution in [0.5, 0.6) is 5.88 Å². The molecular formula is C63H96N26O20P4. The monoisotopic (exact) mass is 1660 g/mol. The van der Waals surface area contributed by atoms with Gasteiger partial charge in [0.1, 0.15) is 30.1 Å². The minimum Gasteiger partial charge on any atom is -0.476 e. The molecule has 0 bridgehead atoms. The summed E-state index contributed by atoms with van der Waals surface area (Å²) in [5, 5.41) is 14.2. The van der Waals surface area contributed by atoms with Gasteiger partial charge in [-0.3, -0.25) is 76.2 Å². The minimum absolute atomic E-state index is 0.0123. The fourth-order valence-electron chi connectivity index (χ4n) is 13.0. The highest BCUT2D eigenvalue weighted by Gasteiger charge is 2.50. The number of likely N-dealkylation sites (N-methyl/N-ethyl adjacent to an activating group) is 2. The van der Waals surface area contributed by atoms with Crippen molar-refractivity contribution in [1.29, 1.82) is 0 Å². The van der Waals surface area contributed by atoms with Gasteiger partial charge in [0.2, 0.25) is 23.6 Å². The topological polar surface area (TPSA) is 525 Å². The molecule has 10 heterocycles. The van der Waals surface area contributed by atoms with Crippen LogP contribution in [0.2, 0.25) is 0 Å². The number of rotatable bonds is 33. The van der Waals surface area contributed by atoms with E-state index in [0.717, 1.165) is 13.8 Å². The molecule has 11 rings (SSSR count). The Labute approximate surface area is 648 Å². The van der Waals surface area contributed by atoms with Gasteiger partial charge in [-0.05, 0) is 89.0 Å². The molecule has 618 valence electrons. The normalized spacial score (nSPS) is 23.5. The molecule has 4 aliphatic heterocycles. The average Bonchev–Trinajstić information content (AvgIpc) is 1.73. The first-order valence-corrected chi connectivity index (χ1v) is 41.8. The fraction of sp³-hybridized carbons (Fsp3) is 0.587. The molecule has 0 spiro atoms. The summed E-state index contributed by atoms with van der Waals surface area (Å²) in [6, 6.07) is 7.30. The number of nitro groups is 1. The SMILES string of the molecule is Cc1cn(C2CN(P(=O)(OCC3CN(P(=O)(OCC4CN(C)CC(n5cnc6c(N)ncnc65)O4)N(C)C)CC(n4cnc5c(OCCc6ccc([N+](=O)[O-])cc6)nc(NC(=O)C(C)C)nc54)O3)N(C)C)CC(COP(=O)(N(C)C)N3CC(COP(=O)(N(C)C)N(C)CC(N)=O)OC(n4ccc(N)nc4=O)C3)O2)c(=O)[nH]c1=O. The molecule has 8 N–H and O–H groups in total. The first-order valence-electron chi connectivity index (χ1n) is 35.6. The van der Waals surface area contributed by atoms with Crippen molar-refractivity contribution in [3.05, 3.63) is 114 Å². The number of carbonyl (C=O) groups is 2. The number of non-ortho nitro benzene ring substituents is 1. The number of anilines is 3. The maximum atomic E-state index is 16.4. The summed E-state index contributed by atoms with van der Waals surface area (Å²) in [7, 11) is -1.81. The number of H-pyrrole nitrogens is 1. The number of morpholine rings is 4. The number of nitrogen functional groups attached to an aromatic ring is 2. The number of nitro benzene ring substituents is 1. The standard InChI is InChI=1S/C63H96N26O20P4/c1-39(2)58(91)73-61-72-57-54(60(75-61)101-21-19-41-14-16-42(17-15-41)89(95)96)70-38-88(57)52-31-84(113(100,79(10)11)103-32-43-23-80(12)28-49(106-43)87-37-69-53-55(66)67-36-68-56(53)87)26-46(109-52)35-105-112(99,78(8)9)83-25-45(108-51(30-83)86-22-40(3)59(92)74-63(86)94)34-104-111(98,77(6)7)82-24-44(33-102-110(97,76(4)5)81(13)27-48(65)90)107-50(29-82)85-20-18-47(64)71-62(85)93/h14-18,20,22,36-39,43-46,49-52H,19,21,23-35H2,1-13H3,(H2,65,90)(H2,64,71,93)(H2,66,67,68)(H,74,92,94)(H,72,73,75,91). The molecule has 7 aromatic rings. The molecule has 1 aromatic carbocycles. The lowest BCUT2D eigenvalue weighted by molar-refractivity contribution is -0.384. The lowest BCUT2D eigenvalue weighted by Gasteiger charge is -2.46. The Morgan fingerprint density at radius 3 is 1.66 bits per heavy atom. The van der Waals surface area contributed by atoms with E-state index in [-0.39, 0.29) is 105 Å². The largest absolute Gasteiger partial charge is 0.476 e. The first-order chi connectivity index (χ1) is 53.4. The lowest BCUT2D eigenvalue weighted by atomic mass is 10.1. The zero-order chi connectivity index (χ0) is 81.9. The Morgan fingerprint density at radius 1 is 0.646 bits per heavy atom. The molecule has 46 nitrogen and oxygen atoms in total. The van der Waals surface area contributed by atoms with Crippen LogP contribution < -0.4 is 44.2 Å². The Hall–Kier alpha value is -8.14. The van der Waals surface area contributed by atoms with E-state index in [0.29, 0.717) is 29.8 Å². The number of hydrogen-bond acceptors (Lipinski definition) is 30. The van der Waals surface area contributed by atoms with Crippen LogP contribution in [0, 0.1) is 23.0 Å². The van der Waals surface area contributed by atoms with Gasteiger partial charge in [0, 0.05) is 75.2 Å². The second-order valence-corrected chi connectivity index (χ2v) is 39.0. The highest BCUT2D eigenvalue weighted by molar-refractivity contribution is 7.54. The number of nitrogens with zero attached hydrogens (tertiary/aromatic N) is 21. The summed E-state index contributed by atoms with van der Waals surface area (Å²) in [6.07, 6.45) is -1.63. The van der Waals surface area contributed by atoms with Crippen molar-refractivity contribution in [1.82, 2.24) is 100 Å². The smallest absolute Gasteiger partial charge is 0.351 e. The summed E-state index contributed by atoms with van der Waals surface area (Å²) in [5.41, 5.74) is 16.8. The third kappa shape index (κ3) is 19.2. The van der Waals surface area contributed by atoms with Crippen LogP contribution >= 0.6 is 30.7 Å². The van der Waals surface area contributed by atoms with E-state index in [9.17, 15) is 38.7 Å². The van der Waals surface area contributed by atoms with Gasteiger partial charge in [-0.1, -0.05) is 26.0 Å². The molecule has 50 heteroatoms. The molecule has 6 aromatic heterocycles. The van der Waals surface area contributed by atoms with Crippen LogP contribution in [-0.2, 0) is 71.3 Å². The van der Waals surface area contributed by atoms with Crippen molar-refractivity contribution in [2.45, 2.75) is 76.5 Å². The van der Waals surface area contributed by atoms with Crippen molar-refractivity contribution in [3.63, 3.8) is 0 Å². The van der Waals surface area contributed by atoms with Gasteiger partial charge in [-0.15, -0.1) is 0 Å². The number of nitrogens with two attached hydrogens (primary N) is 3. The van der Waals surface area contributed by atoms with Crippen LogP contribution in [0.1, 0.15) is 49.9 Å².